The molecule has 318 valence electrons. The average Bonchev–Trinajstić information content (AvgIpc) is 4.11. The molecule has 7 heteroatoms. The molecule has 0 aliphatic heterocycles. The largest absolute Gasteiger partial charge is 0.455 e. The Morgan fingerprint density at radius 3 is 1.97 bits per heavy atom. The van der Waals surface area contributed by atoms with Crippen LogP contribution >= 0.6 is 0 Å². The summed E-state index contributed by atoms with van der Waals surface area (Å²) < 4.78 is 11.2. The summed E-state index contributed by atoms with van der Waals surface area (Å²) in [4.78, 5) is 15.2. The lowest BCUT2D eigenvalue weighted by molar-refractivity contribution is 0.660. The molecule has 0 spiro atoms. The van der Waals surface area contributed by atoms with Crippen LogP contribution in [0.3, 0.4) is 0 Å². The summed E-state index contributed by atoms with van der Waals surface area (Å²) in [5.41, 5.74) is 15.6. The molecule has 0 radical (unpaired) electrons. The zero-order chi connectivity index (χ0) is 45.3. The molecule has 0 amide bonds. The minimum atomic E-state index is -0.144. The Hall–Kier alpha value is -9.12. The highest BCUT2D eigenvalue weighted by Crippen LogP contribution is 2.50. The quantitative estimate of drug-likeness (QED) is 0.172. The number of hydrogen-bond acceptors (Lipinski definition) is 5. The molecular weight excluding hydrogens is 833 g/mol. The summed E-state index contributed by atoms with van der Waals surface area (Å²) in [5, 5.41) is 17.7. The first-order valence-corrected chi connectivity index (χ1v) is 22.9. The summed E-state index contributed by atoms with van der Waals surface area (Å²) in [5.74, 6) is 1.47. The van der Waals surface area contributed by atoms with Crippen LogP contribution < -0.4 is 0 Å². The molecule has 0 fully saturated rings. The molecule has 0 saturated heterocycles. The Morgan fingerprint density at radius 2 is 1.13 bits per heavy atom. The normalized spacial score (nSPS) is 13.0. The van der Waals surface area contributed by atoms with Crippen LogP contribution in [0.4, 0.5) is 0 Å². The van der Waals surface area contributed by atoms with Crippen molar-refractivity contribution in [3.8, 4) is 62.7 Å². The topological polar surface area (TPSA) is 85.5 Å². The Kier molecular flexibility index (Phi) is 7.97. The lowest BCUT2D eigenvalue weighted by Gasteiger charge is -2.22. The van der Waals surface area contributed by atoms with E-state index >= 15 is 0 Å². The smallest absolute Gasteiger partial charge is 0.167 e. The van der Waals surface area contributed by atoms with Gasteiger partial charge in [-0.25, -0.2) is 15.0 Å². The fourth-order valence-electron chi connectivity index (χ4n) is 11.1. The van der Waals surface area contributed by atoms with Crippen molar-refractivity contribution in [3.63, 3.8) is 0 Å². The Bertz CT molecular complexity index is 4320. The van der Waals surface area contributed by atoms with Gasteiger partial charge in [-0.3, -0.25) is 0 Å². The minimum absolute atomic E-state index is 0.144. The minimum Gasteiger partial charge on any atom is -0.455 e. The third-order valence-electron chi connectivity index (χ3n) is 14.2. The lowest BCUT2D eigenvalue weighted by Crippen LogP contribution is -2.15. The van der Waals surface area contributed by atoms with Gasteiger partial charge in [0.1, 0.15) is 17.2 Å². The molecule has 1 aliphatic carbocycles. The van der Waals surface area contributed by atoms with Crippen LogP contribution in [0.5, 0.6) is 0 Å². The number of fused-ring (bicyclic) bond motifs is 13. The summed E-state index contributed by atoms with van der Waals surface area (Å²) in [7, 11) is 0. The highest BCUT2D eigenvalue weighted by Gasteiger charge is 2.35. The summed E-state index contributed by atoms with van der Waals surface area (Å²) in [6.45, 7) is 4.66. The van der Waals surface area contributed by atoms with Crippen molar-refractivity contribution in [1.29, 1.82) is 5.26 Å². The van der Waals surface area contributed by atoms with Crippen molar-refractivity contribution in [3.05, 3.63) is 211 Å². The highest BCUT2D eigenvalue weighted by atomic mass is 16.3. The van der Waals surface area contributed by atoms with E-state index in [1.807, 2.05) is 78.9 Å². The van der Waals surface area contributed by atoms with Gasteiger partial charge in [-0.05, 0) is 82.9 Å². The standard InChI is InChI=1S/C61H38N6O/c1-61(2)48-23-10-6-17-40(48)41-29-28-39(34-49(41)61)66-52-25-12-8-20-46(52)55-53(66)32-30-44-42-18-7-11-24-51(42)67(56(44)55)50-31-27-37(33-38(50)35-62)59-63-58(36-15-4-3-5-16-36)64-60(65-59)47-22-14-21-45-43-19-9-13-26-54(43)68-57(45)47/h3-34H,1-2H3. The van der Waals surface area contributed by atoms with Gasteiger partial charge in [0.2, 0.25) is 0 Å². The number of aromatic nitrogens is 5. The summed E-state index contributed by atoms with van der Waals surface area (Å²) >= 11 is 0. The second kappa shape index (κ2) is 14.2. The predicted octanol–water partition coefficient (Wildman–Crippen LogP) is 15.1. The third-order valence-corrected chi connectivity index (χ3v) is 14.2. The summed E-state index contributed by atoms with van der Waals surface area (Å²) in [6.07, 6.45) is 0. The van der Waals surface area contributed by atoms with Gasteiger partial charge in [-0.15, -0.1) is 0 Å². The molecule has 0 bridgehead atoms. The molecule has 4 aromatic heterocycles. The molecule has 9 aromatic carbocycles. The molecule has 0 atom stereocenters. The van der Waals surface area contributed by atoms with Crippen LogP contribution in [-0.4, -0.2) is 24.1 Å². The monoisotopic (exact) mass is 870 g/mol. The zero-order valence-corrected chi connectivity index (χ0v) is 37.1. The number of nitriles is 1. The van der Waals surface area contributed by atoms with Crippen molar-refractivity contribution in [2.75, 3.05) is 0 Å². The number of nitrogens with zero attached hydrogens (tertiary/aromatic N) is 6. The average molecular weight is 871 g/mol. The van der Waals surface area contributed by atoms with Crippen LogP contribution in [0.1, 0.15) is 30.5 Å². The van der Waals surface area contributed by atoms with Crippen molar-refractivity contribution in [2.24, 2.45) is 0 Å². The van der Waals surface area contributed by atoms with Crippen molar-refractivity contribution in [1.82, 2.24) is 24.1 Å². The van der Waals surface area contributed by atoms with Crippen LogP contribution in [0.2, 0.25) is 0 Å². The molecule has 7 nitrogen and oxygen atoms in total. The summed E-state index contributed by atoms with van der Waals surface area (Å²) in [6, 6.07) is 70.1. The first-order valence-electron chi connectivity index (χ1n) is 22.9. The van der Waals surface area contributed by atoms with E-state index in [-0.39, 0.29) is 5.41 Å². The first kappa shape index (κ1) is 38.2. The molecule has 4 heterocycles. The van der Waals surface area contributed by atoms with Gasteiger partial charge < -0.3 is 13.6 Å². The third kappa shape index (κ3) is 5.37. The number of benzene rings is 9. The lowest BCUT2D eigenvalue weighted by atomic mass is 9.82. The van der Waals surface area contributed by atoms with Gasteiger partial charge >= 0.3 is 0 Å². The maximum Gasteiger partial charge on any atom is 0.167 e. The fourth-order valence-corrected chi connectivity index (χ4v) is 11.1. The maximum absolute atomic E-state index is 11.2. The first-order chi connectivity index (χ1) is 33.4. The molecule has 0 N–H and O–H groups in total. The number of para-hydroxylation sites is 4. The number of furan rings is 1. The van der Waals surface area contributed by atoms with Gasteiger partial charge in [0.15, 0.2) is 17.5 Å². The van der Waals surface area contributed by atoms with Crippen LogP contribution in [0.25, 0.3) is 122 Å². The number of hydrogen-bond donors (Lipinski definition) is 0. The Labute approximate surface area is 390 Å². The number of rotatable bonds is 5. The second-order valence-electron chi connectivity index (χ2n) is 18.3. The van der Waals surface area contributed by atoms with Crippen molar-refractivity contribution < 1.29 is 4.42 Å². The second-order valence-corrected chi connectivity index (χ2v) is 18.3. The predicted molar refractivity (Wildman–Crippen MR) is 274 cm³/mol. The molecule has 0 saturated carbocycles. The van der Waals surface area contributed by atoms with Crippen molar-refractivity contribution in [2.45, 2.75) is 19.3 Å². The van der Waals surface area contributed by atoms with Gasteiger partial charge in [-0.2, -0.15) is 5.26 Å². The van der Waals surface area contributed by atoms with Crippen LogP contribution in [-0.2, 0) is 5.41 Å². The van der Waals surface area contributed by atoms with Gasteiger partial charge in [0.05, 0.1) is 38.9 Å². The fraction of sp³-hybridized carbons (Fsp3) is 0.0492. The maximum atomic E-state index is 11.2. The van der Waals surface area contributed by atoms with E-state index in [9.17, 15) is 5.26 Å². The van der Waals surface area contributed by atoms with E-state index in [1.54, 1.807) is 0 Å². The van der Waals surface area contributed by atoms with Gasteiger partial charge in [0, 0.05) is 54.5 Å². The van der Waals surface area contributed by atoms with E-state index in [1.165, 1.54) is 22.3 Å². The van der Waals surface area contributed by atoms with E-state index < -0.39 is 0 Å². The molecule has 14 rings (SSSR count). The molecular formula is C61H38N6O. The zero-order valence-electron chi connectivity index (χ0n) is 37.1. The Morgan fingerprint density at radius 1 is 0.471 bits per heavy atom. The Balaban J connectivity index is 0.982. The van der Waals surface area contributed by atoms with E-state index in [2.05, 4.69) is 144 Å². The SMILES string of the molecule is CC1(C)c2ccccc2-c2ccc(-n3c4ccccc4c4c3ccc3c5ccccc5n(-c5ccc(-c6nc(-c7ccccc7)nc(-c7cccc8c7oc7ccccc78)n6)cc5C#N)c34)cc21. The van der Waals surface area contributed by atoms with Gasteiger partial charge in [-0.1, -0.05) is 147 Å². The molecule has 68 heavy (non-hydrogen) atoms. The van der Waals surface area contributed by atoms with Crippen LogP contribution in [0.15, 0.2) is 199 Å². The molecule has 1 aliphatic rings. The van der Waals surface area contributed by atoms with E-state index in [4.69, 9.17) is 19.4 Å². The van der Waals surface area contributed by atoms with E-state index in [0.717, 1.165) is 82.5 Å². The van der Waals surface area contributed by atoms with E-state index in [0.29, 0.717) is 34.2 Å². The van der Waals surface area contributed by atoms with Gasteiger partial charge in [0.25, 0.3) is 0 Å². The molecule has 13 aromatic rings. The molecule has 0 unspecified atom stereocenters. The highest BCUT2D eigenvalue weighted by molar-refractivity contribution is 6.26. The van der Waals surface area contributed by atoms with Crippen LogP contribution in [0, 0.1) is 11.3 Å². The van der Waals surface area contributed by atoms with Crippen molar-refractivity contribution >= 4 is 65.6 Å².